The van der Waals surface area contributed by atoms with Gasteiger partial charge >= 0.3 is 0 Å². The molecule has 1 aliphatic rings. The van der Waals surface area contributed by atoms with Crippen LogP contribution >= 0.6 is 15.9 Å². The lowest BCUT2D eigenvalue weighted by Crippen LogP contribution is -2.35. The second-order valence-corrected chi connectivity index (χ2v) is 6.31. The zero-order valence-corrected chi connectivity index (χ0v) is 14.0. The van der Waals surface area contributed by atoms with Crippen LogP contribution < -0.4 is 5.32 Å². The van der Waals surface area contributed by atoms with Crippen molar-refractivity contribution in [2.45, 2.75) is 65.0 Å². The first kappa shape index (κ1) is 15.0. The second-order valence-electron chi connectivity index (χ2n) is 5.52. The summed E-state index contributed by atoms with van der Waals surface area (Å²) in [6.45, 7) is 5.30. The molecule has 19 heavy (non-hydrogen) atoms. The summed E-state index contributed by atoms with van der Waals surface area (Å²) in [5, 5.41) is 8.24. The lowest BCUT2D eigenvalue weighted by Gasteiger charge is -2.23. The van der Waals surface area contributed by atoms with Gasteiger partial charge in [0, 0.05) is 19.0 Å². The number of halogens is 1. The molecule has 1 aliphatic carbocycles. The molecule has 0 aliphatic heterocycles. The summed E-state index contributed by atoms with van der Waals surface area (Å²) in [5.74, 6) is 0.835. The van der Waals surface area contributed by atoms with E-state index >= 15 is 0 Å². The Labute approximate surface area is 125 Å². The normalized spacial score (nSPS) is 18.1. The third kappa shape index (κ3) is 3.22. The van der Waals surface area contributed by atoms with Crippen LogP contribution in [-0.2, 0) is 19.4 Å². The van der Waals surface area contributed by atoms with Crippen LogP contribution in [0.5, 0.6) is 0 Å². The predicted molar refractivity (Wildman–Crippen MR) is 83.5 cm³/mol. The van der Waals surface area contributed by atoms with Gasteiger partial charge in [-0.1, -0.05) is 19.8 Å². The maximum absolute atomic E-state index is 4.70. The predicted octanol–water partition coefficient (Wildman–Crippen LogP) is 3.55. The summed E-state index contributed by atoms with van der Waals surface area (Å²) < 4.78 is 3.40. The number of nitrogens with zero attached hydrogens (tertiary/aromatic N) is 2. The van der Waals surface area contributed by atoms with Gasteiger partial charge in [-0.3, -0.25) is 4.68 Å². The van der Waals surface area contributed by atoms with Gasteiger partial charge in [-0.25, -0.2) is 0 Å². The molecule has 2 rings (SSSR count). The van der Waals surface area contributed by atoms with Crippen molar-refractivity contribution < 1.29 is 0 Å². The van der Waals surface area contributed by atoms with Crippen molar-refractivity contribution in [1.29, 1.82) is 0 Å². The van der Waals surface area contributed by atoms with Crippen LogP contribution in [0.15, 0.2) is 4.47 Å². The Bertz CT molecular complexity index is 408. The number of likely N-dealkylation sites (N-methyl/N-ethyl adjacent to an activating group) is 1. The molecule has 1 heterocycles. The molecule has 1 atom stereocenters. The van der Waals surface area contributed by atoms with Crippen LogP contribution in [0.1, 0.15) is 50.9 Å². The fourth-order valence-electron chi connectivity index (χ4n) is 3.28. The minimum absolute atomic E-state index is 0.588. The van der Waals surface area contributed by atoms with E-state index in [9.17, 15) is 0 Å². The summed E-state index contributed by atoms with van der Waals surface area (Å²) >= 11 is 3.76. The monoisotopic (exact) mass is 327 g/mol. The van der Waals surface area contributed by atoms with Gasteiger partial charge < -0.3 is 5.32 Å². The van der Waals surface area contributed by atoms with E-state index in [0.717, 1.165) is 25.3 Å². The summed E-state index contributed by atoms with van der Waals surface area (Å²) in [5.41, 5.74) is 2.56. The van der Waals surface area contributed by atoms with Crippen molar-refractivity contribution in [3.05, 3.63) is 15.9 Å². The molecule has 0 bridgehead atoms. The van der Waals surface area contributed by atoms with E-state index in [4.69, 9.17) is 5.10 Å². The first-order valence-corrected chi connectivity index (χ1v) is 8.41. The van der Waals surface area contributed by atoms with Crippen molar-refractivity contribution in [3.63, 3.8) is 0 Å². The van der Waals surface area contributed by atoms with Crippen LogP contribution in [0.25, 0.3) is 0 Å². The van der Waals surface area contributed by atoms with Crippen LogP contribution in [0.3, 0.4) is 0 Å². The highest BCUT2D eigenvalue weighted by Crippen LogP contribution is 2.31. The topological polar surface area (TPSA) is 29.9 Å². The summed E-state index contributed by atoms with van der Waals surface area (Å²) in [4.78, 5) is 0. The molecule has 1 saturated carbocycles. The molecule has 0 aromatic carbocycles. The first-order valence-electron chi connectivity index (χ1n) is 7.62. The highest BCUT2D eigenvalue weighted by molar-refractivity contribution is 9.10. The number of hydrogen-bond acceptors (Lipinski definition) is 2. The minimum atomic E-state index is 0.588. The smallest absolute Gasteiger partial charge is 0.0766 e. The highest BCUT2D eigenvalue weighted by Gasteiger charge is 2.26. The fourth-order valence-corrected chi connectivity index (χ4v) is 4.01. The molecular formula is C15H26BrN3. The third-order valence-electron chi connectivity index (χ3n) is 4.45. The molecule has 1 fully saturated rings. The zero-order chi connectivity index (χ0) is 13.8. The van der Waals surface area contributed by atoms with Gasteiger partial charge in [0.05, 0.1) is 15.9 Å². The van der Waals surface area contributed by atoms with E-state index in [2.05, 4.69) is 46.8 Å². The Kier molecular flexibility index (Phi) is 5.46. The van der Waals surface area contributed by atoms with Gasteiger partial charge in [0.15, 0.2) is 0 Å². The molecule has 1 N–H and O–H groups in total. The Morgan fingerprint density at radius 2 is 2.05 bits per heavy atom. The van der Waals surface area contributed by atoms with Crippen molar-refractivity contribution in [2.24, 2.45) is 5.92 Å². The third-order valence-corrected chi connectivity index (χ3v) is 5.36. The van der Waals surface area contributed by atoms with Crippen molar-refractivity contribution in [2.75, 3.05) is 7.05 Å². The summed E-state index contributed by atoms with van der Waals surface area (Å²) in [7, 11) is 2.10. The van der Waals surface area contributed by atoms with Gasteiger partial charge in [0.1, 0.15) is 0 Å². The minimum Gasteiger partial charge on any atom is -0.316 e. The van der Waals surface area contributed by atoms with Crippen molar-refractivity contribution >= 4 is 15.9 Å². The molecule has 0 spiro atoms. The highest BCUT2D eigenvalue weighted by atomic mass is 79.9. The van der Waals surface area contributed by atoms with E-state index in [0.29, 0.717) is 6.04 Å². The van der Waals surface area contributed by atoms with E-state index in [1.807, 2.05) is 0 Å². The average molecular weight is 328 g/mol. The molecule has 108 valence electrons. The molecule has 0 radical (unpaired) electrons. The summed E-state index contributed by atoms with van der Waals surface area (Å²) in [6.07, 6.45) is 7.64. The molecule has 3 nitrogen and oxygen atoms in total. The van der Waals surface area contributed by atoms with Crippen LogP contribution in [0.4, 0.5) is 0 Å². The molecule has 1 unspecified atom stereocenters. The Morgan fingerprint density at radius 1 is 1.37 bits per heavy atom. The largest absolute Gasteiger partial charge is 0.316 e. The number of hydrogen-bond donors (Lipinski definition) is 1. The van der Waals surface area contributed by atoms with Gasteiger partial charge in [-0.05, 0) is 55.1 Å². The molecule has 4 heteroatoms. The Balaban J connectivity index is 2.18. The number of rotatable bonds is 6. The average Bonchev–Trinajstić information content (AvgIpc) is 3.04. The van der Waals surface area contributed by atoms with Gasteiger partial charge in [-0.2, -0.15) is 5.10 Å². The molecule has 0 saturated heterocycles. The second kappa shape index (κ2) is 6.89. The van der Waals surface area contributed by atoms with Gasteiger partial charge in [-0.15, -0.1) is 0 Å². The van der Waals surface area contributed by atoms with E-state index in [-0.39, 0.29) is 0 Å². The maximum Gasteiger partial charge on any atom is 0.0766 e. The molecule has 1 aromatic heterocycles. The van der Waals surface area contributed by atoms with Crippen molar-refractivity contribution in [3.8, 4) is 0 Å². The quantitative estimate of drug-likeness (QED) is 0.865. The van der Waals surface area contributed by atoms with E-state index in [1.165, 1.54) is 41.5 Å². The van der Waals surface area contributed by atoms with Crippen LogP contribution in [0, 0.1) is 5.92 Å². The van der Waals surface area contributed by atoms with E-state index < -0.39 is 0 Å². The Hall–Kier alpha value is -0.350. The lowest BCUT2D eigenvalue weighted by molar-refractivity contribution is 0.368. The number of aromatic nitrogens is 2. The zero-order valence-electron chi connectivity index (χ0n) is 12.4. The van der Waals surface area contributed by atoms with Gasteiger partial charge in [0.25, 0.3) is 0 Å². The van der Waals surface area contributed by atoms with Crippen molar-refractivity contribution in [1.82, 2.24) is 15.1 Å². The number of aryl methyl sites for hydroxylation is 2. The van der Waals surface area contributed by atoms with Gasteiger partial charge in [0.2, 0.25) is 0 Å². The Morgan fingerprint density at radius 3 is 2.58 bits per heavy atom. The fraction of sp³-hybridized carbons (Fsp3) is 0.800. The standard InChI is InChI=1S/C15H26BrN3/c1-4-12-15(16)14(19(5-2)18-12)10-13(17-3)11-8-6-7-9-11/h11,13,17H,4-10H2,1-3H3. The summed E-state index contributed by atoms with van der Waals surface area (Å²) in [6, 6.07) is 0.588. The number of nitrogens with one attached hydrogen (secondary N) is 1. The van der Waals surface area contributed by atoms with E-state index in [1.54, 1.807) is 0 Å². The SMILES string of the molecule is CCc1nn(CC)c(CC(NC)C2CCCC2)c1Br. The molecule has 0 amide bonds. The van der Waals surface area contributed by atoms with Crippen LogP contribution in [-0.4, -0.2) is 22.9 Å². The maximum atomic E-state index is 4.70. The molecular weight excluding hydrogens is 302 g/mol. The lowest BCUT2D eigenvalue weighted by atomic mass is 9.94. The first-order chi connectivity index (χ1) is 9.21. The van der Waals surface area contributed by atoms with Crippen LogP contribution in [0.2, 0.25) is 0 Å². The molecule has 1 aromatic rings.